The van der Waals surface area contributed by atoms with Crippen LogP contribution < -0.4 is 0 Å². The zero-order valence-corrected chi connectivity index (χ0v) is 22.5. The molecular weight excluding hydrogens is 511 g/mol. The van der Waals surface area contributed by atoms with Crippen LogP contribution in [-0.2, 0) is 0 Å². The van der Waals surface area contributed by atoms with E-state index in [1.807, 2.05) is 22.7 Å². The molecule has 0 spiro atoms. The van der Waals surface area contributed by atoms with Gasteiger partial charge in [0.25, 0.3) is 0 Å². The van der Waals surface area contributed by atoms with Crippen LogP contribution in [0.1, 0.15) is 0 Å². The first-order valence-corrected chi connectivity index (χ1v) is 14.8. The molecular formula is C36H21NS2. The third-order valence-corrected chi connectivity index (χ3v) is 10.3. The summed E-state index contributed by atoms with van der Waals surface area (Å²) < 4.78 is 7.78. The summed E-state index contributed by atoms with van der Waals surface area (Å²) in [6.07, 6.45) is 0. The Labute approximate surface area is 232 Å². The van der Waals surface area contributed by atoms with Gasteiger partial charge < -0.3 is 4.57 Å². The molecule has 9 rings (SSSR count). The van der Waals surface area contributed by atoms with Crippen LogP contribution in [0.2, 0.25) is 0 Å². The molecule has 0 saturated heterocycles. The Balaban J connectivity index is 1.24. The fraction of sp³-hybridized carbons (Fsp3) is 0. The van der Waals surface area contributed by atoms with Gasteiger partial charge in [-0.3, -0.25) is 0 Å². The van der Waals surface area contributed by atoms with E-state index in [4.69, 9.17) is 0 Å². The van der Waals surface area contributed by atoms with Crippen molar-refractivity contribution < 1.29 is 0 Å². The van der Waals surface area contributed by atoms with E-state index in [0.29, 0.717) is 0 Å². The predicted octanol–water partition coefficient (Wildman–Crippen LogP) is 11.2. The number of hydrogen-bond acceptors (Lipinski definition) is 2. The topological polar surface area (TPSA) is 4.93 Å². The van der Waals surface area contributed by atoms with Gasteiger partial charge in [0, 0.05) is 56.8 Å². The van der Waals surface area contributed by atoms with Gasteiger partial charge in [-0.25, -0.2) is 0 Å². The summed E-state index contributed by atoms with van der Waals surface area (Å²) in [6, 6.07) is 46.9. The maximum atomic E-state index is 2.40. The van der Waals surface area contributed by atoms with E-state index in [2.05, 4.69) is 132 Å². The van der Waals surface area contributed by atoms with Crippen molar-refractivity contribution in [2.45, 2.75) is 0 Å². The molecule has 9 aromatic rings. The average molecular weight is 532 g/mol. The Bertz CT molecular complexity index is 2350. The summed E-state index contributed by atoms with van der Waals surface area (Å²) in [7, 11) is 0. The Hall–Kier alpha value is -4.44. The molecule has 0 N–H and O–H groups in total. The van der Waals surface area contributed by atoms with Crippen molar-refractivity contribution in [1.82, 2.24) is 4.57 Å². The van der Waals surface area contributed by atoms with Crippen molar-refractivity contribution in [3.05, 3.63) is 127 Å². The van der Waals surface area contributed by atoms with Crippen LogP contribution in [0.5, 0.6) is 0 Å². The second-order valence-corrected chi connectivity index (χ2v) is 12.3. The predicted molar refractivity (Wildman–Crippen MR) is 172 cm³/mol. The quantitative estimate of drug-likeness (QED) is 0.209. The number of rotatable bonds is 2. The highest BCUT2D eigenvalue weighted by atomic mass is 32.1. The number of para-hydroxylation sites is 2. The van der Waals surface area contributed by atoms with Crippen LogP contribution in [0.25, 0.3) is 79.0 Å². The fourth-order valence-electron chi connectivity index (χ4n) is 6.25. The second-order valence-electron chi connectivity index (χ2n) is 10.1. The molecule has 6 aromatic carbocycles. The van der Waals surface area contributed by atoms with E-state index >= 15 is 0 Å². The molecule has 0 fully saturated rings. The van der Waals surface area contributed by atoms with Crippen molar-refractivity contribution in [2.75, 3.05) is 0 Å². The molecule has 3 aromatic heterocycles. The lowest BCUT2D eigenvalue weighted by Crippen LogP contribution is -1.92. The summed E-state index contributed by atoms with van der Waals surface area (Å²) in [5.41, 5.74) is 6.31. The highest BCUT2D eigenvalue weighted by molar-refractivity contribution is 7.26. The minimum Gasteiger partial charge on any atom is -0.309 e. The summed E-state index contributed by atoms with van der Waals surface area (Å²) >= 11 is 3.79. The lowest BCUT2D eigenvalue weighted by atomic mass is 10.0. The van der Waals surface area contributed by atoms with Crippen LogP contribution in [0.3, 0.4) is 0 Å². The summed E-state index contributed by atoms with van der Waals surface area (Å²) in [6.45, 7) is 0. The molecule has 3 heteroatoms. The minimum atomic E-state index is 1.21. The van der Waals surface area contributed by atoms with Gasteiger partial charge in [0.2, 0.25) is 0 Å². The molecule has 0 aliphatic heterocycles. The maximum absolute atomic E-state index is 2.40. The highest BCUT2D eigenvalue weighted by Crippen LogP contribution is 2.43. The summed E-state index contributed by atoms with van der Waals surface area (Å²) in [4.78, 5) is 0. The van der Waals surface area contributed by atoms with Gasteiger partial charge in [-0.2, -0.15) is 0 Å². The molecule has 3 heterocycles. The van der Waals surface area contributed by atoms with Gasteiger partial charge in [-0.15, -0.1) is 22.7 Å². The van der Waals surface area contributed by atoms with E-state index in [-0.39, 0.29) is 0 Å². The molecule has 182 valence electrons. The second kappa shape index (κ2) is 8.03. The van der Waals surface area contributed by atoms with Gasteiger partial charge >= 0.3 is 0 Å². The number of hydrogen-bond donors (Lipinski definition) is 0. The standard InChI is InChI=1S/C36H21NS2/c1-4-13-31-25(8-1)26-9-2-5-14-32(26)37(31)23-17-19-29-28-18-16-22(20-34(28)38-35(29)21-23)24-11-7-12-30-27-10-3-6-15-33(27)39-36(24)30/h1-21H. The van der Waals surface area contributed by atoms with Gasteiger partial charge in [-0.1, -0.05) is 91.0 Å². The van der Waals surface area contributed by atoms with E-state index in [0.717, 1.165) is 0 Å². The van der Waals surface area contributed by atoms with Crippen molar-refractivity contribution >= 4 is 84.8 Å². The first-order valence-electron chi connectivity index (χ1n) is 13.2. The number of aromatic nitrogens is 1. The lowest BCUT2D eigenvalue weighted by molar-refractivity contribution is 1.19. The SMILES string of the molecule is c1ccc2c(c1)sc1c(-c3ccc4c(c3)sc3cc(-n5c6ccccc6c6ccccc65)ccc34)cccc12. The molecule has 0 bridgehead atoms. The summed E-state index contributed by atoms with van der Waals surface area (Å²) in [5, 5.41) is 7.94. The molecule has 0 saturated carbocycles. The number of benzene rings is 6. The zero-order chi connectivity index (χ0) is 25.5. The molecule has 39 heavy (non-hydrogen) atoms. The van der Waals surface area contributed by atoms with Crippen molar-refractivity contribution in [3.8, 4) is 16.8 Å². The van der Waals surface area contributed by atoms with E-state index in [1.165, 1.54) is 79.0 Å². The van der Waals surface area contributed by atoms with Crippen LogP contribution >= 0.6 is 22.7 Å². The van der Waals surface area contributed by atoms with Crippen LogP contribution in [0, 0.1) is 0 Å². The largest absolute Gasteiger partial charge is 0.309 e. The minimum absolute atomic E-state index is 1.21. The van der Waals surface area contributed by atoms with E-state index in [1.54, 1.807) is 0 Å². The lowest BCUT2D eigenvalue weighted by Gasteiger charge is -2.08. The molecule has 0 aliphatic carbocycles. The van der Waals surface area contributed by atoms with Crippen LogP contribution in [-0.4, -0.2) is 4.57 Å². The maximum Gasteiger partial charge on any atom is 0.0541 e. The van der Waals surface area contributed by atoms with Crippen LogP contribution in [0.4, 0.5) is 0 Å². The molecule has 0 aliphatic rings. The highest BCUT2D eigenvalue weighted by Gasteiger charge is 2.15. The number of thiophene rings is 2. The molecule has 0 amide bonds. The molecule has 1 nitrogen and oxygen atoms in total. The third-order valence-electron chi connectivity index (χ3n) is 8.01. The monoisotopic (exact) mass is 531 g/mol. The van der Waals surface area contributed by atoms with Crippen LogP contribution in [0.15, 0.2) is 127 Å². The summed E-state index contributed by atoms with van der Waals surface area (Å²) in [5.74, 6) is 0. The van der Waals surface area contributed by atoms with Crippen molar-refractivity contribution in [3.63, 3.8) is 0 Å². The van der Waals surface area contributed by atoms with Crippen molar-refractivity contribution in [2.24, 2.45) is 0 Å². The molecule has 0 radical (unpaired) electrons. The van der Waals surface area contributed by atoms with E-state index < -0.39 is 0 Å². The Morgan fingerprint density at radius 2 is 1.03 bits per heavy atom. The first-order chi connectivity index (χ1) is 19.3. The molecule has 0 atom stereocenters. The average Bonchev–Trinajstić information content (AvgIpc) is 3.65. The normalized spacial score (nSPS) is 12.1. The zero-order valence-electron chi connectivity index (χ0n) is 20.9. The molecule has 0 unspecified atom stereocenters. The number of nitrogens with zero attached hydrogens (tertiary/aromatic N) is 1. The van der Waals surface area contributed by atoms with Gasteiger partial charge in [0.1, 0.15) is 0 Å². The Kier molecular flexibility index (Phi) is 4.43. The van der Waals surface area contributed by atoms with Gasteiger partial charge in [0.15, 0.2) is 0 Å². The van der Waals surface area contributed by atoms with E-state index in [9.17, 15) is 0 Å². The smallest absolute Gasteiger partial charge is 0.0541 e. The third kappa shape index (κ3) is 3.06. The van der Waals surface area contributed by atoms with Gasteiger partial charge in [-0.05, 0) is 47.5 Å². The first kappa shape index (κ1) is 21.5. The number of fused-ring (bicyclic) bond motifs is 9. The van der Waals surface area contributed by atoms with Crippen molar-refractivity contribution in [1.29, 1.82) is 0 Å². The fourth-order valence-corrected chi connectivity index (χ4v) is 8.66. The van der Waals surface area contributed by atoms with Gasteiger partial charge in [0.05, 0.1) is 11.0 Å². The Morgan fingerprint density at radius 3 is 1.82 bits per heavy atom. The Morgan fingerprint density at radius 1 is 0.410 bits per heavy atom.